The highest BCUT2D eigenvalue weighted by Crippen LogP contribution is 2.60. The largest absolute Gasteiger partial charge is 0.364 e. The molecule has 5 aliphatic rings. The van der Waals surface area contributed by atoms with Crippen molar-refractivity contribution in [2.75, 3.05) is 24.5 Å². The number of amides is 1. The third-order valence-corrected chi connectivity index (χ3v) is 7.74. The Hall–Kier alpha value is -2.02. The van der Waals surface area contributed by atoms with E-state index < -0.39 is 0 Å². The molecule has 4 bridgehead atoms. The van der Waals surface area contributed by atoms with Crippen molar-refractivity contribution < 1.29 is 4.79 Å². The topological polar surface area (TPSA) is 47.3 Å². The zero-order chi connectivity index (χ0) is 18.6. The molecule has 0 N–H and O–H groups in total. The van der Waals surface area contributed by atoms with Gasteiger partial charge in [0.25, 0.3) is 0 Å². The van der Waals surface area contributed by atoms with Crippen LogP contribution in [0.15, 0.2) is 24.3 Å². The monoisotopic (exact) mass is 363 g/mol. The molecule has 0 aromatic heterocycles. The van der Waals surface area contributed by atoms with Crippen LogP contribution in [0, 0.1) is 34.5 Å². The summed E-state index contributed by atoms with van der Waals surface area (Å²) >= 11 is 0. The van der Waals surface area contributed by atoms with Gasteiger partial charge in [-0.15, -0.1) is 0 Å². The van der Waals surface area contributed by atoms with Crippen LogP contribution in [0.5, 0.6) is 0 Å². The second kappa shape index (κ2) is 6.26. The van der Waals surface area contributed by atoms with E-state index in [1.54, 1.807) is 0 Å². The molecule has 1 heterocycles. The van der Waals surface area contributed by atoms with Crippen molar-refractivity contribution in [2.45, 2.75) is 51.5 Å². The molecule has 5 fully saturated rings. The minimum Gasteiger partial charge on any atom is -0.364 e. The van der Waals surface area contributed by atoms with Gasteiger partial charge in [0, 0.05) is 25.7 Å². The van der Waals surface area contributed by atoms with Crippen LogP contribution >= 0.6 is 0 Å². The lowest BCUT2D eigenvalue weighted by Gasteiger charge is -2.57. The van der Waals surface area contributed by atoms with Gasteiger partial charge in [-0.2, -0.15) is 5.26 Å². The van der Waals surface area contributed by atoms with Crippen molar-refractivity contribution in [3.05, 3.63) is 29.8 Å². The van der Waals surface area contributed by atoms with Crippen LogP contribution in [0.1, 0.15) is 51.0 Å². The summed E-state index contributed by atoms with van der Waals surface area (Å²) in [6, 6.07) is 10.4. The normalized spacial score (nSPS) is 37.3. The van der Waals surface area contributed by atoms with E-state index in [2.05, 4.69) is 22.8 Å². The first kappa shape index (κ1) is 17.1. The third kappa shape index (κ3) is 2.74. The molecule has 1 aliphatic heterocycles. The first-order chi connectivity index (χ1) is 13.1. The van der Waals surface area contributed by atoms with Gasteiger partial charge in [0.05, 0.1) is 16.7 Å². The maximum absolute atomic E-state index is 13.6. The third-order valence-electron chi connectivity index (χ3n) is 7.74. The van der Waals surface area contributed by atoms with Gasteiger partial charge in [0.2, 0.25) is 5.91 Å². The molecule has 6 rings (SSSR count). The number of hydrogen-bond acceptors (Lipinski definition) is 3. The van der Waals surface area contributed by atoms with Crippen molar-refractivity contribution in [1.82, 2.24) is 4.90 Å². The van der Waals surface area contributed by atoms with E-state index >= 15 is 0 Å². The predicted molar refractivity (Wildman–Crippen MR) is 105 cm³/mol. The molecule has 4 heteroatoms. The lowest BCUT2D eigenvalue weighted by atomic mass is 9.49. The van der Waals surface area contributed by atoms with Crippen LogP contribution in [-0.4, -0.2) is 36.5 Å². The maximum Gasteiger partial charge on any atom is 0.228 e. The number of piperazine rings is 1. The zero-order valence-electron chi connectivity index (χ0n) is 16.2. The van der Waals surface area contributed by atoms with Gasteiger partial charge >= 0.3 is 0 Å². The number of hydrogen-bond donors (Lipinski definition) is 0. The lowest BCUT2D eigenvalue weighted by Crippen LogP contribution is -2.60. The fraction of sp³-hybridized carbons (Fsp3) is 0.652. The molecular weight excluding hydrogens is 334 g/mol. The van der Waals surface area contributed by atoms with E-state index in [9.17, 15) is 10.1 Å². The average Bonchev–Trinajstić information content (AvgIpc) is 2.66. The van der Waals surface area contributed by atoms with Gasteiger partial charge in [0.1, 0.15) is 6.07 Å². The van der Waals surface area contributed by atoms with E-state index in [-0.39, 0.29) is 11.5 Å². The Morgan fingerprint density at radius 1 is 1.07 bits per heavy atom. The SMILES string of the molecule is C[C@@H]1CN(C(=O)C23CC4CC(CC(C4)C2)C3)CCN1c1ccccc1C#N. The van der Waals surface area contributed by atoms with E-state index in [1.165, 1.54) is 19.3 Å². The molecule has 4 saturated carbocycles. The van der Waals surface area contributed by atoms with Gasteiger partial charge in [-0.25, -0.2) is 0 Å². The molecule has 1 saturated heterocycles. The van der Waals surface area contributed by atoms with Gasteiger partial charge in [-0.3, -0.25) is 4.79 Å². The van der Waals surface area contributed by atoms with Crippen LogP contribution in [0.3, 0.4) is 0 Å². The highest BCUT2D eigenvalue weighted by Gasteiger charge is 2.55. The van der Waals surface area contributed by atoms with Crippen LogP contribution in [0.2, 0.25) is 0 Å². The molecule has 1 amide bonds. The Morgan fingerprint density at radius 3 is 2.30 bits per heavy atom. The van der Waals surface area contributed by atoms with Gasteiger partial charge in [-0.1, -0.05) is 12.1 Å². The molecule has 1 aromatic carbocycles. The number of carbonyl (C=O) groups is 1. The number of anilines is 1. The van der Waals surface area contributed by atoms with Crippen LogP contribution in [0.4, 0.5) is 5.69 Å². The number of para-hydroxylation sites is 1. The van der Waals surface area contributed by atoms with Gasteiger partial charge < -0.3 is 9.80 Å². The molecule has 27 heavy (non-hydrogen) atoms. The first-order valence-corrected chi connectivity index (χ1v) is 10.6. The Bertz CT molecular complexity index is 760. The maximum atomic E-state index is 13.6. The molecule has 0 radical (unpaired) electrons. The van der Waals surface area contributed by atoms with E-state index in [4.69, 9.17) is 0 Å². The molecule has 0 spiro atoms. The summed E-state index contributed by atoms with van der Waals surface area (Å²) in [5.41, 5.74) is 1.70. The summed E-state index contributed by atoms with van der Waals surface area (Å²) in [4.78, 5) is 18.1. The van der Waals surface area contributed by atoms with Crippen LogP contribution in [0.25, 0.3) is 0 Å². The second-order valence-corrected chi connectivity index (χ2v) is 9.62. The summed E-state index contributed by atoms with van der Waals surface area (Å²) in [6.45, 7) is 4.57. The molecular formula is C23H29N3O. The predicted octanol–water partition coefficient (Wildman–Crippen LogP) is 3.81. The Kier molecular flexibility index (Phi) is 3.96. The summed E-state index contributed by atoms with van der Waals surface area (Å²) in [5, 5.41) is 9.43. The van der Waals surface area contributed by atoms with Crippen LogP contribution < -0.4 is 4.90 Å². The Balaban J connectivity index is 1.33. The molecule has 0 unspecified atom stereocenters. The van der Waals surface area contributed by atoms with Crippen molar-refractivity contribution in [2.24, 2.45) is 23.2 Å². The standard InChI is InChI=1S/C23H29N3O/c1-16-15-25(6-7-26(16)21-5-3-2-4-20(21)14-24)22(27)23-11-17-8-18(12-23)10-19(9-17)13-23/h2-5,16-19H,6-13,15H2,1H3/t16-,17?,18?,19?,23?/m1/s1. The van der Waals surface area contributed by atoms with Gasteiger partial charge in [0.15, 0.2) is 0 Å². The quantitative estimate of drug-likeness (QED) is 0.803. The highest BCUT2D eigenvalue weighted by atomic mass is 16.2. The van der Waals surface area contributed by atoms with E-state index in [1.807, 2.05) is 24.3 Å². The second-order valence-electron chi connectivity index (χ2n) is 9.62. The van der Waals surface area contributed by atoms with E-state index in [0.29, 0.717) is 5.91 Å². The van der Waals surface area contributed by atoms with Crippen molar-refractivity contribution >= 4 is 11.6 Å². The fourth-order valence-electron chi connectivity index (χ4n) is 7.03. The number of carbonyl (C=O) groups excluding carboxylic acids is 1. The molecule has 1 atom stereocenters. The Morgan fingerprint density at radius 2 is 1.70 bits per heavy atom. The molecule has 1 aromatic rings. The fourth-order valence-corrected chi connectivity index (χ4v) is 7.03. The summed E-state index contributed by atoms with van der Waals surface area (Å²) < 4.78 is 0. The molecule has 4 nitrogen and oxygen atoms in total. The Labute approximate surface area is 162 Å². The van der Waals surface area contributed by atoms with Gasteiger partial charge in [-0.05, 0) is 75.3 Å². The van der Waals surface area contributed by atoms with Crippen molar-refractivity contribution in [3.8, 4) is 6.07 Å². The minimum absolute atomic E-state index is 0.0405. The average molecular weight is 364 g/mol. The van der Waals surface area contributed by atoms with Crippen LogP contribution in [-0.2, 0) is 4.79 Å². The number of rotatable bonds is 2. The smallest absolute Gasteiger partial charge is 0.228 e. The zero-order valence-corrected chi connectivity index (χ0v) is 16.2. The number of benzene rings is 1. The minimum atomic E-state index is -0.0405. The highest BCUT2D eigenvalue weighted by molar-refractivity contribution is 5.83. The molecule has 142 valence electrons. The lowest BCUT2D eigenvalue weighted by molar-refractivity contribution is -0.158. The first-order valence-electron chi connectivity index (χ1n) is 10.6. The summed E-state index contributed by atoms with van der Waals surface area (Å²) in [6.07, 6.45) is 7.56. The number of nitrogens with zero attached hydrogens (tertiary/aromatic N) is 3. The van der Waals surface area contributed by atoms with E-state index in [0.717, 1.165) is 67.9 Å². The van der Waals surface area contributed by atoms with Crippen molar-refractivity contribution in [1.29, 1.82) is 5.26 Å². The molecule has 4 aliphatic carbocycles. The summed E-state index contributed by atoms with van der Waals surface area (Å²) in [7, 11) is 0. The van der Waals surface area contributed by atoms with Crippen molar-refractivity contribution in [3.63, 3.8) is 0 Å². The summed E-state index contributed by atoms with van der Waals surface area (Å²) in [5.74, 6) is 2.87. The number of nitriles is 1.